The Labute approximate surface area is 257 Å². The van der Waals surface area contributed by atoms with Crippen LogP contribution in [0.15, 0.2) is 77.7 Å². The first-order valence-corrected chi connectivity index (χ1v) is 14.3. The first-order valence-electron chi connectivity index (χ1n) is 13.6. The molecule has 2 aromatic heterocycles. The third-order valence-electron chi connectivity index (χ3n) is 7.36. The highest BCUT2D eigenvalue weighted by molar-refractivity contribution is 6.37. The number of anilines is 3. The molecule has 43 heavy (non-hydrogen) atoms. The number of hydrogen-bond donors (Lipinski definition) is 1. The Hall–Kier alpha value is -4.51. The summed E-state index contributed by atoms with van der Waals surface area (Å²) < 4.78 is 5.98. The second kappa shape index (κ2) is 12.0. The molecule has 1 aliphatic heterocycles. The molecule has 0 saturated carbocycles. The Bertz CT molecular complexity index is 1850. The number of carbonyl (C=O) groups excluding carboxylic acids is 1. The van der Waals surface area contributed by atoms with Crippen LogP contribution in [0.5, 0.6) is 0 Å². The van der Waals surface area contributed by atoms with Crippen LogP contribution in [-0.4, -0.2) is 71.0 Å². The zero-order valence-electron chi connectivity index (χ0n) is 23.4. The molecule has 5 aromatic rings. The number of para-hydroxylation sites is 1. The number of fused-ring (bicyclic) bond motifs is 1. The summed E-state index contributed by atoms with van der Waals surface area (Å²) in [5, 5.41) is 8.64. The third kappa shape index (κ3) is 5.77. The Morgan fingerprint density at radius 1 is 0.930 bits per heavy atom. The second-order valence-corrected chi connectivity index (χ2v) is 10.9. The molecule has 12 heteroatoms. The van der Waals surface area contributed by atoms with E-state index in [0.29, 0.717) is 28.3 Å². The van der Waals surface area contributed by atoms with E-state index in [1.807, 2.05) is 12.1 Å². The molecule has 6 rings (SSSR count). The van der Waals surface area contributed by atoms with Gasteiger partial charge in [-0.25, -0.2) is 14.8 Å². The van der Waals surface area contributed by atoms with Gasteiger partial charge in [-0.2, -0.15) is 9.78 Å². The topological polar surface area (TPSA) is 105 Å². The summed E-state index contributed by atoms with van der Waals surface area (Å²) in [5.41, 5.74) is 3.38. The molecule has 3 heterocycles. The molecule has 3 aromatic carbocycles. The lowest BCUT2D eigenvalue weighted by Gasteiger charge is -2.34. The normalized spacial score (nSPS) is 13.7. The number of carbonyl (C=O) groups is 1. The van der Waals surface area contributed by atoms with Crippen molar-refractivity contribution in [2.24, 2.45) is 0 Å². The van der Waals surface area contributed by atoms with Crippen LogP contribution in [0.2, 0.25) is 10.0 Å². The predicted molar refractivity (Wildman–Crippen MR) is 169 cm³/mol. The van der Waals surface area contributed by atoms with Crippen molar-refractivity contribution in [3.63, 3.8) is 0 Å². The standard InChI is InChI=1S/C31H27Cl2N7O3/c1-38-14-16-39(17-15-38)22-12-10-21(11-13-22)35-31-34-18-23-27(36-31)26(19-6-8-20(9-7-19)30(42)43-2)37-40(29(23)41)28-24(32)4-3-5-25(28)33/h3-13,18H,14-17H2,1-2H3,(H,34,35,36). The number of aromatic nitrogens is 4. The van der Waals surface area contributed by atoms with Crippen LogP contribution in [0.25, 0.3) is 27.8 Å². The molecule has 1 aliphatic rings. The molecule has 1 N–H and O–H groups in total. The van der Waals surface area contributed by atoms with Gasteiger partial charge in [0.1, 0.15) is 16.9 Å². The quantitative estimate of drug-likeness (QED) is 0.250. The van der Waals surface area contributed by atoms with E-state index in [1.54, 1.807) is 42.5 Å². The van der Waals surface area contributed by atoms with Crippen molar-refractivity contribution < 1.29 is 9.53 Å². The molecule has 218 valence electrons. The molecular formula is C31H27Cl2N7O3. The van der Waals surface area contributed by atoms with E-state index in [-0.39, 0.29) is 21.1 Å². The van der Waals surface area contributed by atoms with Gasteiger partial charge in [-0.15, -0.1) is 0 Å². The lowest BCUT2D eigenvalue weighted by molar-refractivity contribution is 0.0600. The summed E-state index contributed by atoms with van der Waals surface area (Å²) in [6.45, 7) is 4.00. The van der Waals surface area contributed by atoms with Crippen molar-refractivity contribution in [2.75, 3.05) is 50.6 Å². The van der Waals surface area contributed by atoms with Gasteiger partial charge in [-0.1, -0.05) is 41.4 Å². The first kappa shape index (κ1) is 28.6. The average molecular weight is 617 g/mol. The van der Waals surface area contributed by atoms with Crippen molar-refractivity contribution in [3.8, 4) is 16.9 Å². The highest BCUT2D eigenvalue weighted by Crippen LogP contribution is 2.30. The molecule has 0 spiro atoms. The van der Waals surface area contributed by atoms with Crippen molar-refractivity contribution in [1.82, 2.24) is 24.6 Å². The largest absolute Gasteiger partial charge is 0.465 e. The zero-order chi connectivity index (χ0) is 30.1. The number of ether oxygens (including phenoxy) is 1. The molecule has 0 bridgehead atoms. The minimum atomic E-state index is -0.483. The fourth-order valence-corrected chi connectivity index (χ4v) is 5.51. The van der Waals surface area contributed by atoms with Crippen LogP contribution < -0.4 is 15.8 Å². The molecule has 0 aliphatic carbocycles. The Morgan fingerprint density at radius 2 is 1.60 bits per heavy atom. The summed E-state index contributed by atoms with van der Waals surface area (Å²) in [5.74, 6) is -0.174. The predicted octanol–water partition coefficient (Wildman–Crippen LogP) is 5.43. The molecule has 0 atom stereocenters. The molecule has 1 saturated heterocycles. The minimum Gasteiger partial charge on any atom is -0.465 e. The summed E-state index contributed by atoms with van der Waals surface area (Å²) in [6, 6.07) is 19.7. The van der Waals surface area contributed by atoms with Crippen LogP contribution in [0.1, 0.15) is 10.4 Å². The number of rotatable bonds is 6. The molecule has 1 fully saturated rings. The van der Waals surface area contributed by atoms with Gasteiger partial charge in [-0.05, 0) is 55.6 Å². The monoisotopic (exact) mass is 615 g/mol. The number of nitrogens with zero attached hydrogens (tertiary/aromatic N) is 6. The van der Waals surface area contributed by atoms with Crippen LogP contribution in [-0.2, 0) is 4.74 Å². The number of hydrogen-bond acceptors (Lipinski definition) is 9. The number of benzene rings is 3. The van der Waals surface area contributed by atoms with Gasteiger partial charge < -0.3 is 19.9 Å². The molecule has 0 radical (unpaired) electrons. The second-order valence-electron chi connectivity index (χ2n) is 10.1. The first-order chi connectivity index (χ1) is 20.8. The molecular weight excluding hydrogens is 589 g/mol. The summed E-state index contributed by atoms with van der Waals surface area (Å²) in [4.78, 5) is 39.5. The Kier molecular flexibility index (Phi) is 7.98. The van der Waals surface area contributed by atoms with Gasteiger partial charge in [0.2, 0.25) is 5.95 Å². The lowest BCUT2D eigenvalue weighted by atomic mass is 10.1. The average Bonchev–Trinajstić information content (AvgIpc) is 3.02. The highest BCUT2D eigenvalue weighted by atomic mass is 35.5. The van der Waals surface area contributed by atoms with E-state index in [1.165, 1.54) is 13.3 Å². The number of esters is 1. The number of likely N-dealkylation sites (N-methyl/N-ethyl adjacent to an activating group) is 1. The van der Waals surface area contributed by atoms with Gasteiger partial charge in [0, 0.05) is 49.3 Å². The van der Waals surface area contributed by atoms with Crippen molar-refractivity contribution in [2.45, 2.75) is 0 Å². The van der Waals surface area contributed by atoms with E-state index in [4.69, 9.17) is 32.9 Å². The maximum atomic E-state index is 13.7. The van der Waals surface area contributed by atoms with Gasteiger partial charge in [0.15, 0.2) is 0 Å². The molecule has 10 nitrogen and oxygen atoms in total. The summed E-state index contributed by atoms with van der Waals surface area (Å²) in [6.07, 6.45) is 1.46. The van der Waals surface area contributed by atoms with Crippen LogP contribution in [0.3, 0.4) is 0 Å². The van der Waals surface area contributed by atoms with Crippen molar-refractivity contribution in [3.05, 3.63) is 98.9 Å². The van der Waals surface area contributed by atoms with Gasteiger partial charge in [-0.3, -0.25) is 4.79 Å². The van der Waals surface area contributed by atoms with E-state index in [0.717, 1.165) is 42.2 Å². The Morgan fingerprint density at radius 3 is 2.26 bits per heavy atom. The lowest BCUT2D eigenvalue weighted by Crippen LogP contribution is -2.44. The summed E-state index contributed by atoms with van der Waals surface area (Å²) >= 11 is 12.9. The fourth-order valence-electron chi connectivity index (χ4n) is 4.95. The summed E-state index contributed by atoms with van der Waals surface area (Å²) in [7, 11) is 3.45. The number of halogens is 2. The number of methoxy groups -OCH3 is 1. The number of nitrogens with one attached hydrogen (secondary N) is 1. The van der Waals surface area contributed by atoms with Crippen LogP contribution in [0, 0.1) is 0 Å². The molecule has 0 unspecified atom stereocenters. The van der Waals surface area contributed by atoms with E-state index < -0.39 is 11.5 Å². The minimum absolute atomic E-state index is 0.217. The smallest absolute Gasteiger partial charge is 0.337 e. The SMILES string of the molecule is COC(=O)c1ccc(-c2nn(-c3c(Cl)cccc3Cl)c(=O)c3cnc(Nc4ccc(N5CCN(C)CC5)cc4)nc23)cc1. The number of piperazine rings is 1. The van der Waals surface area contributed by atoms with Gasteiger partial charge >= 0.3 is 5.97 Å². The highest BCUT2D eigenvalue weighted by Gasteiger charge is 2.20. The zero-order valence-corrected chi connectivity index (χ0v) is 24.9. The van der Waals surface area contributed by atoms with Crippen molar-refractivity contribution >= 4 is 57.4 Å². The molecule has 0 amide bonds. The van der Waals surface area contributed by atoms with Crippen LogP contribution >= 0.6 is 23.2 Å². The third-order valence-corrected chi connectivity index (χ3v) is 7.97. The van der Waals surface area contributed by atoms with Crippen LogP contribution in [0.4, 0.5) is 17.3 Å². The maximum Gasteiger partial charge on any atom is 0.337 e. The van der Waals surface area contributed by atoms with Gasteiger partial charge in [0.05, 0.1) is 28.1 Å². The van der Waals surface area contributed by atoms with Crippen molar-refractivity contribution in [1.29, 1.82) is 0 Å². The van der Waals surface area contributed by atoms with E-state index in [9.17, 15) is 9.59 Å². The Balaban J connectivity index is 1.42. The van der Waals surface area contributed by atoms with E-state index in [2.05, 4.69) is 44.4 Å². The fraction of sp³-hybridized carbons (Fsp3) is 0.194. The van der Waals surface area contributed by atoms with Gasteiger partial charge in [0.25, 0.3) is 5.56 Å². The van der Waals surface area contributed by atoms with E-state index >= 15 is 0 Å². The maximum absolute atomic E-state index is 13.7.